The van der Waals surface area contributed by atoms with E-state index in [4.69, 9.17) is 0 Å². The smallest absolute Gasteiger partial charge is 0.127 e. The van der Waals surface area contributed by atoms with Crippen molar-refractivity contribution in [3.63, 3.8) is 0 Å². The van der Waals surface area contributed by atoms with E-state index in [2.05, 4.69) is 322 Å². The Hall–Kier alpha value is -4.90. The van der Waals surface area contributed by atoms with Crippen molar-refractivity contribution >= 4 is 64.6 Å². The molecule has 0 nitrogen and oxygen atoms in total. The largest absolute Gasteiger partial charge is 0.129 e. The van der Waals surface area contributed by atoms with Gasteiger partial charge in [0.2, 0.25) is 0 Å². The molecule has 0 aliphatic heterocycles. The third kappa shape index (κ3) is 16.7. The molecule has 0 aromatic heterocycles. The summed E-state index contributed by atoms with van der Waals surface area (Å²) in [6, 6.07) is 30.1. The van der Waals surface area contributed by atoms with Crippen LogP contribution in [0.2, 0.25) is 157 Å². The maximum atomic E-state index is 3.86. The number of benzene rings is 4. The molecule has 8 aliphatic rings. The molecule has 8 fully saturated rings. The van der Waals surface area contributed by atoms with Crippen molar-refractivity contribution in [2.24, 2.45) is 22.7 Å². The van der Waals surface area contributed by atoms with Crippen LogP contribution < -0.4 is 0 Å². The zero-order valence-electron chi connectivity index (χ0n) is 61.6. The lowest BCUT2D eigenvalue weighted by molar-refractivity contribution is -0.224. The highest BCUT2D eigenvalue weighted by Crippen LogP contribution is 2.82. The highest BCUT2D eigenvalue weighted by atomic mass is 28.3. The number of rotatable bonds is 5. The third-order valence-electron chi connectivity index (χ3n) is 20.1. The second-order valence-corrected chi connectivity index (χ2v) is 76.9. The van der Waals surface area contributed by atoms with Gasteiger partial charge in [-0.15, -0.1) is 44.3 Å². The van der Waals surface area contributed by atoms with Crippen LogP contribution in [0.1, 0.15) is 144 Å². The Kier molecular flexibility index (Phi) is 18.3. The number of hydrogen-bond acceptors (Lipinski definition) is 0. The van der Waals surface area contributed by atoms with E-state index in [9.17, 15) is 0 Å². The van der Waals surface area contributed by atoms with Gasteiger partial charge >= 0.3 is 0 Å². The molecule has 8 aliphatic carbocycles. The predicted molar refractivity (Wildman–Crippen MR) is 422 cm³/mol. The topological polar surface area (TPSA) is 0 Å². The standard InChI is InChI=1S/C84H110Si8/c1-85(2,3)33-25-65-41-66(26-34-86(4,5)6)46-75(45-65)79-53-73-54-80(59-79,76-47-67(27-35-87(7,8)9)42-68(48-76)28-36-88(10,11)12)62-83(57-73,61-79)84-58-74-55-81(63-84,77-49-69(29-37-89(13,14)15)43-70(50-77)30-38-90(16,17)18)60-82(56-74,64-84)78-51-71(31-39-91(19,20)21)44-72(52-78)32-40-92(22,23)24/h41-52,73-74H,53-64H2,1-24H3. The van der Waals surface area contributed by atoms with Crippen LogP contribution in [0.3, 0.4) is 0 Å². The molecule has 0 saturated heterocycles. The fourth-order valence-corrected chi connectivity index (χ4v) is 21.9. The van der Waals surface area contributed by atoms with E-state index in [0.717, 1.165) is 57.3 Å². The van der Waals surface area contributed by atoms with Crippen molar-refractivity contribution < 1.29 is 0 Å². The molecule has 4 aromatic rings. The van der Waals surface area contributed by atoms with Gasteiger partial charge in [-0.1, -0.05) is 204 Å². The van der Waals surface area contributed by atoms with Crippen LogP contribution in [0.25, 0.3) is 0 Å². The Morgan fingerprint density at radius 3 is 0.511 bits per heavy atom. The second kappa shape index (κ2) is 24.0. The van der Waals surface area contributed by atoms with Gasteiger partial charge in [0.1, 0.15) is 64.6 Å². The summed E-state index contributed by atoms with van der Waals surface area (Å²) in [5.41, 5.74) is 45.7. The molecule has 8 heteroatoms. The van der Waals surface area contributed by atoms with E-state index in [1.807, 2.05) is 0 Å². The van der Waals surface area contributed by atoms with Gasteiger partial charge in [-0.25, -0.2) is 0 Å². The zero-order valence-corrected chi connectivity index (χ0v) is 69.6. The average molecular weight is 1340 g/mol. The van der Waals surface area contributed by atoms with E-state index in [1.165, 1.54) is 86.5 Å². The van der Waals surface area contributed by atoms with E-state index in [-0.39, 0.29) is 32.5 Å². The minimum Gasteiger partial charge on any atom is -0.127 e. The van der Waals surface area contributed by atoms with Gasteiger partial charge < -0.3 is 0 Å². The van der Waals surface area contributed by atoms with Crippen LogP contribution in [-0.4, -0.2) is 64.6 Å². The molecule has 4 atom stereocenters. The number of hydrogen-bond donors (Lipinski definition) is 0. The molecule has 0 heterocycles. The van der Waals surface area contributed by atoms with Crippen LogP contribution in [0.15, 0.2) is 72.8 Å². The lowest BCUT2D eigenvalue weighted by Crippen LogP contribution is -2.70. The van der Waals surface area contributed by atoms with Gasteiger partial charge in [0.15, 0.2) is 0 Å². The molecular formula is C84H110Si8. The Morgan fingerprint density at radius 2 is 0.370 bits per heavy atom. The molecule has 8 saturated carbocycles. The summed E-state index contributed by atoms with van der Waals surface area (Å²) in [5, 5.41) is 0. The van der Waals surface area contributed by atoms with Gasteiger partial charge in [0.05, 0.1) is 0 Å². The molecule has 0 radical (unpaired) electrons. The first kappa shape index (κ1) is 69.9. The van der Waals surface area contributed by atoms with Crippen LogP contribution in [0.4, 0.5) is 0 Å². The summed E-state index contributed by atoms with van der Waals surface area (Å²) in [6.07, 6.45) is 14.5. The lowest BCUT2D eigenvalue weighted by Gasteiger charge is -2.77. The van der Waals surface area contributed by atoms with Crippen molar-refractivity contribution in [1.29, 1.82) is 0 Å². The molecule has 12 rings (SSSR count). The van der Waals surface area contributed by atoms with Gasteiger partial charge in [-0.05, 0) is 216 Å². The summed E-state index contributed by atoms with van der Waals surface area (Å²) in [7, 11) is -13.8. The average Bonchev–Trinajstić information content (AvgIpc) is 0.656. The maximum absolute atomic E-state index is 3.86. The van der Waals surface area contributed by atoms with Gasteiger partial charge in [0.25, 0.3) is 0 Å². The fourth-order valence-electron chi connectivity index (χ4n) is 17.7. The first-order chi connectivity index (χ1) is 42.1. The SMILES string of the molecule is C[Si](C)(C)C#Cc1cc(C#C[Si](C)(C)C)cc(C23CC4CC(c5cc(C#C[Si](C)(C)C)cc(C#C[Si](C)(C)C)c5)(C2)CC(C25CC6CC(c7cc(C#C[Si](C)(C)C)cc(C#C[Si](C)(C)C)c7)(CC(c7cc(C#C[Si](C)(C)C)cc(C#C[Si](C)(C)C)c7)(C6)C2)C5)(C4)C3)c1. The molecule has 0 amide bonds. The molecule has 4 unspecified atom stereocenters. The van der Waals surface area contributed by atoms with Crippen molar-refractivity contribution in [2.75, 3.05) is 0 Å². The molecule has 4 aromatic carbocycles. The molecule has 478 valence electrons. The monoisotopic (exact) mass is 1340 g/mol. The molecule has 92 heavy (non-hydrogen) atoms. The Labute approximate surface area is 570 Å². The normalized spacial score (nSPS) is 27.0. The van der Waals surface area contributed by atoms with E-state index < -0.39 is 64.6 Å². The zero-order chi connectivity index (χ0) is 67.4. The van der Waals surface area contributed by atoms with Crippen molar-refractivity contribution in [1.82, 2.24) is 0 Å². The maximum Gasteiger partial charge on any atom is 0.129 e. The van der Waals surface area contributed by atoms with Gasteiger partial charge in [0, 0.05) is 44.5 Å². The Balaban J connectivity index is 1.30. The summed E-state index contributed by atoms with van der Waals surface area (Å²) >= 11 is 0. The van der Waals surface area contributed by atoms with Crippen LogP contribution in [0, 0.1) is 114 Å². The summed E-state index contributed by atoms with van der Waals surface area (Å²) in [6.45, 7) is 57.2. The third-order valence-corrected chi connectivity index (χ3v) is 27.1. The highest BCUT2D eigenvalue weighted by molar-refractivity contribution is 6.86. The van der Waals surface area contributed by atoms with E-state index in [0.29, 0.717) is 11.8 Å². The summed E-state index contributed by atoms with van der Waals surface area (Å²) in [5.74, 6) is 32.0. The molecule has 8 bridgehead atoms. The molecule has 0 spiro atoms. The Morgan fingerprint density at radius 1 is 0.217 bits per heavy atom. The molecular weight excluding hydrogens is 1230 g/mol. The molecule has 0 N–H and O–H groups in total. The van der Waals surface area contributed by atoms with Gasteiger partial charge in [-0.3, -0.25) is 0 Å². The first-order valence-electron chi connectivity index (χ1n) is 35.0. The summed E-state index contributed by atoms with van der Waals surface area (Å²) in [4.78, 5) is 0. The highest BCUT2D eigenvalue weighted by Gasteiger charge is 2.75. The van der Waals surface area contributed by atoms with E-state index in [1.54, 1.807) is 0 Å². The second-order valence-electron chi connectivity index (χ2n) is 38.9. The van der Waals surface area contributed by atoms with Crippen molar-refractivity contribution in [3.8, 4) is 91.7 Å². The van der Waals surface area contributed by atoms with Gasteiger partial charge in [-0.2, -0.15) is 0 Å². The minimum absolute atomic E-state index is 0.0300. The van der Waals surface area contributed by atoms with Crippen molar-refractivity contribution in [3.05, 3.63) is 140 Å². The quantitative estimate of drug-likeness (QED) is 0.138. The first-order valence-corrected chi connectivity index (χ1v) is 63.0. The van der Waals surface area contributed by atoms with Crippen LogP contribution in [-0.2, 0) is 21.7 Å². The van der Waals surface area contributed by atoms with Crippen molar-refractivity contribution in [2.45, 2.75) is 256 Å². The van der Waals surface area contributed by atoms with Crippen LogP contribution in [0.5, 0.6) is 0 Å². The summed E-state index contributed by atoms with van der Waals surface area (Å²) < 4.78 is 0. The van der Waals surface area contributed by atoms with E-state index >= 15 is 0 Å². The lowest BCUT2D eigenvalue weighted by atomic mass is 9.26. The Bertz CT molecular complexity index is 3460. The minimum atomic E-state index is -1.72. The predicted octanol–water partition coefficient (Wildman–Crippen LogP) is 20.5. The van der Waals surface area contributed by atoms with Crippen LogP contribution >= 0.6 is 0 Å². The fraction of sp³-hybridized carbons (Fsp3) is 0.524.